The van der Waals surface area contributed by atoms with Crippen LogP contribution in [0.1, 0.15) is 32.6 Å². The Bertz CT molecular complexity index is 176. The number of carbonyl (C=O) groups is 1. The van der Waals surface area contributed by atoms with Crippen LogP contribution < -0.4 is 0 Å². The highest BCUT2D eigenvalue weighted by molar-refractivity contribution is 5.73. The van der Waals surface area contributed by atoms with Crippen molar-refractivity contribution in [3.63, 3.8) is 0 Å². The molecule has 0 N–H and O–H groups in total. The van der Waals surface area contributed by atoms with Crippen molar-refractivity contribution in [2.75, 3.05) is 13.1 Å². The molecule has 1 heterocycles. The number of carbonyl (C=O) groups excluding carboxylic acids is 1. The van der Waals surface area contributed by atoms with Crippen LogP contribution >= 0.6 is 0 Å². The molecule has 2 atom stereocenters. The number of rotatable bonds is 0. The lowest BCUT2D eigenvalue weighted by Gasteiger charge is -2.22. The Morgan fingerprint density at radius 3 is 2.08 bits per heavy atom. The van der Waals surface area contributed by atoms with Gasteiger partial charge in [0.1, 0.15) is 0 Å². The molecule has 1 aliphatic heterocycles. The van der Waals surface area contributed by atoms with E-state index in [-0.39, 0.29) is 5.91 Å². The highest BCUT2D eigenvalue weighted by Gasteiger charge is 2.34. The summed E-state index contributed by atoms with van der Waals surface area (Å²) in [5.74, 6) is 1.94. The van der Waals surface area contributed by atoms with Crippen molar-refractivity contribution >= 4 is 5.91 Å². The average molecular weight is 167 g/mol. The van der Waals surface area contributed by atoms with E-state index in [9.17, 15) is 4.79 Å². The molecular formula is C10H17NO. The SMILES string of the molecule is CC(=O)N1CC2CCCCC2C1. The highest BCUT2D eigenvalue weighted by Crippen LogP contribution is 2.35. The monoisotopic (exact) mass is 167 g/mol. The average Bonchev–Trinajstić information content (AvgIpc) is 2.46. The summed E-state index contributed by atoms with van der Waals surface area (Å²) in [5, 5.41) is 0. The molecule has 2 nitrogen and oxygen atoms in total. The summed E-state index contributed by atoms with van der Waals surface area (Å²) in [6.45, 7) is 3.78. The van der Waals surface area contributed by atoms with Crippen molar-refractivity contribution in [3.05, 3.63) is 0 Å². The normalized spacial score (nSPS) is 34.9. The highest BCUT2D eigenvalue weighted by atomic mass is 16.2. The standard InChI is InChI=1S/C10H17NO/c1-8(12)11-6-9-4-2-3-5-10(9)7-11/h9-10H,2-7H2,1H3. The van der Waals surface area contributed by atoms with Crippen LogP contribution in [0.5, 0.6) is 0 Å². The van der Waals surface area contributed by atoms with E-state index in [2.05, 4.69) is 0 Å². The fourth-order valence-electron chi connectivity index (χ4n) is 2.66. The van der Waals surface area contributed by atoms with Crippen molar-refractivity contribution in [3.8, 4) is 0 Å². The van der Waals surface area contributed by atoms with Gasteiger partial charge in [-0.3, -0.25) is 4.79 Å². The molecule has 0 bridgehead atoms. The van der Waals surface area contributed by atoms with E-state index in [0.29, 0.717) is 0 Å². The second kappa shape index (κ2) is 3.08. The first-order valence-electron chi connectivity index (χ1n) is 5.03. The maximum atomic E-state index is 11.1. The van der Waals surface area contributed by atoms with Crippen LogP contribution in [0, 0.1) is 11.8 Å². The van der Waals surface area contributed by atoms with Gasteiger partial charge in [0.25, 0.3) is 0 Å². The van der Waals surface area contributed by atoms with Gasteiger partial charge in [-0.25, -0.2) is 0 Å². The minimum atomic E-state index is 0.268. The summed E-state index contributed by atoms with van der Waals surface area (Å²) in [5.41, 5.74) is 0. The molecule has 0 radical (unpaired) electrons. The fourth-order valence-corrected chi connectivity index (χ4v) is 2.66. The van der Waals surface area contributed by atoms with Crippen LogP contribution in [0.15, 0.2) is 0 Å². The molecule has 1 saturated carbocycles. The van der Waals surface area contributed by atoms with Gasteiger partial charge in [-0.2, -0.15) is 0 Å². The van der Waals surface area contributed by atoms with Gasteiger partial charge in [0, 0.05) is 20.0 Å². The van der Waals surface area contributed by atoms with Gasteiger partial charge < -0.3 is 4.90 Å². The van der Waals surface area contributed by atoms with Crippen molar-refractivity contribution in [1.82, 2.24) is 4.90 Å². The number of fused-ring (bicyclic) bond motifs is 1. The van der Waals surface area contributed by atoms with Crippen LogP contribution in [-0.2, 0) is 4.79 Å². The molecule has 1 saturated heterocycles. The first kappa shape index (κ1) is 8.09. The van der Waals surface area contributed by atoms with Gasteiger partial charge in [0.15, 0.2) is 0 Å². The predicted octanol–water partition coefficient (Wildman–Crippen LogP) is 1.65. The molecule has 0 aromatic heterocycles. The van der Waals surface area contributed by atoms with E-state index in [4.69, 9.17) is 0 Å². The van der Waals surface area contributed by atoms with Gasteiger partial charge in [-0.1, -0.05) is 12.8 Å². The van der Waals surface area contributed by atoms with Crippen molar-refractivity contribution < 1.29 is 4.79 Å². The van der Waals surface area contributed by atoms with Crippen LogP contribution in [0.2, 0.25) is 0 Å². The van der Waals surface area contributed by atoms with Crippen LogP contribution in [0.25, 0.3) is 0 Å². The summed E-state index contributed by atoms with van der Waals surface area (Å²) < 4.78 is 0. The zero-order valence-corrected chi connectivity index (χ0v) is 7.75. The quantitative estimate of drug-likeness (QED) is 0.537. The molecule has 2 fully saturated rings. The number of likely N-dealkylation sites (tertiary alicyclic amines) is 1. The number of hydrogen-bond donors (Lipinski definition) is 0. The van der Waals surface area contributed by atoms with E-state index in [1.165, 1.54) is 25.7 Å². The Hall–Kier alpha value is -0.530. The zero-order valence-electron chi connectivity index (χ0n) is 7.75. The zero-order chi connectivity index (χ0) is 8.55. The van der Waals surface area contributed by atoms with E-state index >= 15 is 0 Å². The van der Waals surface area contributed by atoms with Gasteiger partial charge in [0.2, 0.25) is 5.91 Å². The maximum absolute atomic E-state index is 11.1. The maximum Gasteiger partial charge on any atom is 0.219 e. The molecule has 2 unspecified atom stereocenters. The minimum Gasteiger partial charge on any atom is -0.342 e. The van der Waals surface area contributed by atoms with E-state index in [1.807, 2.05) is 4.90 Å². The largest absolute Gasteiger partial charge is 0.342 e. The summed E-state index contributed by atoms with van der Waals surface area (Å²) in [7, 11) is 0. The van der Waals surface area contributed by atoms with E-state index < -0.39 is 0 Å². The Morgan fingerprint density at radius 1 is 1.17 bits per heavy atom. The Balaban J connectivity index is 1.98. The number of hydrogen-bond acceptors (Lipinski definition) is 1. The molecule has 1 aliphatic carbocycles. The summed E-state index contributed by atoms with van der Waals surface area (Å²) in [6, 6.07) is 0. The molecule has 12 heavy (non-hydrogen) atoms. The minimum absolute atomic E-state index is 0.268. The van der Waals surface area contributed by atoms with Gasteiger partial charge in [0.05, 0.1) is 0 Å². The van der Waals surface area contributed by atoms with Gasteiger partial charge in [-0.05, 0) is 24.7 Å². The molecule has 0 spiro atoms. The van der Waals surface area contributed by atoms with Crippen molar-refractivity contribution in [2.24, 2.45) is 11.8 Å². The van der Waals surface area contributed by atoms with Crippen LogP contribution in [0.3, 0.4) is 0 Å². The van der Waals surface area contributed by atoms with Crippen LogP contribution in [0.4, 0.5) is 0 Å². The third kappa shape index (κ3) is 1.35. The topological polar surface area (TPSA) is 20.3 Å². The summed E-state index contributed by atoms with van der Waals surface area (Å²) in [4.78, 5) is 13.1. The number of amides is 1. The van der Waals surface area contributed by atoms with Crippen LogP contribution in [-0.4, -0.2) is 23.9 Å². The summed E-state index contributed by atoms with van der Waals surface area (Å²) in [6.07, 6.45) is 5.47. The molecule has 1 amide bonds. The smallest absolute Gasteiger partial charge is 0.219 e. The molecule has 0 aromatic rings. The van der Waals surface area contributed by atoms with Crippen molar-refractivity contribution in [2.45, 2.75) is 32.6 Å². The Labute approximate surface area is 73.9 Å². The molecule has 2 heteroatoms. The lowest BCUT2D eigenvalue weighted by Crippen LogP contribution is -2.25. The third-order valence-corrected chi connectivity index (χ3v) is 3.42. The summed E-state index contributed by atoms with van der Waals surface area (Å²) >= 11 is 0. The lowest BCUT2D eigenvalue weighted by molar-refractivity contribution is -0.128. The second-order valence-electron chi connectivity index (χ2n) is 4.23. The van der Waals surface area contributed by atoms with Crippen molar-refractivity contribution in [1.29, 1.82) is 0 Å². The molecule has 68 valence electrons. The predicted molar refractivity (Wildman–Crippen MR) is 47.7 cm³/mol. The molecule has 2 rings (SSSR count). The Morgan fingerprint density at radius 2 is 1.67 bits per heavy atom. The second-order valence-corrected chi connectivity index (χ2v) is 4.23. The lowest BCUT2D eigenvalue weighted by atomic mass is 9.82. The van der Waals surface area contributed by atoms with E-state index in [1.54, 1.807) is 6.92 Å². The molecule has 0 aromatic carbocycles. The van der Waals surface area contributed by atoms with Gasteiger partial charge >= 0.3 is 0 Å². The third-order valence-electron chi connectivity index (χ3n) is 3.42. The van der Waals surface area contributed by atoms with E-state index in [0.717, 1.165) is 24.9 Å². The fraction of sp³-hybridized carbons (Fsp3) is 0.900. The first-order valence-corrected chi connectivity index (χ1v) is 5.03. The first-order chi connectivity index (χ1) is 5.77. The molecule has 2 aliphatic rings. The number of nitrogens with zero attached hydrogens (tertiary/aromatic N) is 1. The molecular weight excluding hydrogens is 150 g/mol. The van der Waals surface area contributed by atoms with Gasteiger partial charge in [-0.15, -0.1) is 0 Å². The Kier molecular flexibility index (Phi) is 2.07.